The minimum Gasteiger partial charge on any atom is -0.290 e. The largest absolute Gasteiger partial charge is 0.290 e. The summed E-state index contributed by atoms with van der Waals surface area (Å²) in [6.07, 6.45) is 6.60. The SMILES string of the molecule is CC[C@H](C)N(Cc1ccncc1)Cc1nn(C)cc1Cl. The molecule has 0 saturated heterocycles. The van der Waals surface area contributed by atoms with Crippen molar-refractivity contribution in [3.05, 3.63) is 47.0 Å². The lowest BCUT2D eigenvalue weighted by atomic mass is 10.1. The molecule has 4 nitrogen and oxygen atoms in total. The average molecular weight is 293 g/mol. The van der Waals surface area contributed by atoms with Crippen molar-refractivity contribution in [3.63, 3.8) is 0 Å². The van der Waals surface area contributed by atoms with Crippen LogP contribution in [0, 0.1) is 0 Å². The molecule has 0 bridgehead atoms. The van der Waals surface area contributed by atoms with E-state index in [1.54, 1.807) is 4.68 Å². The Labute approximate surface area is 125 Å². The molecule has 2 aromatic rings. The minimum absolute atomic E-state index is 0.473. The van der Waals surface area contributed by atoms with Crippen molar-refractivity contribution in [2.45, 2.75) is 39.4 Å². The lowest BCUT2D eigenvalue weighted by Gasteiger charge is -2.27. The van der Waals surface area contributed by atoms with Crippen LogP contribution in [0.15, 0.2) is 30.7 Å². The first-order valence-corrected chi connectivity index (χ1v) is 7.29. The van der Waals surface area contributed by atoms with Gasteiger partial charge >= 0.3 is 0 Å². The molecule has 5 heteroatoms. The first kappa shape index (κ1) is 15.0. The number of nitrogens with zero attached hydrogens (tertiary/aromatic N) is 4. The van der Waals surface area contributed by atoms with Crippen molar-refractivity contribution >= 4 is 11.6 Å². The number of rotatable bonds is 6. The van der Waals surface area contributed by atoms with Crippen LogP contribution >= 0.6 is 11.6 Å². The molecule has 0 unspecified atom stereocenters. The molecule has 1 atom stereocenters. The standard InChI is InChI=1S/C15H21ClN4/c1-4-12(2)20(9-13-5-7-17-8-6-13)11-15-14(16)10-19(3)18-15/h5-8,10,12H,4,9,11H2,1-3H3/t12-/m0/s1. The molecule has 2 aromatic heterocycles. The van der Waals surface area contributed by atoms with Gasteiger partial charge in [0.1, 0.15) is 0 Å². The molecule has 2 rings (SSSR count). The van der Waals surface area contributed by atoms with Crippen LogP contribution in [0.5, 0.6) is 0 Å². The van der Waals surface area contributed by atoms with Crippen LogP contribution in [0.1, 0.15) is 31.5 Å². The van der Waals surface area contributed by atoms with Gasteiger partial charge in [-0.15, -0.1) is 0 Å². The Morgan fingerprint density at radius 3 is 2.55 bits per heavy atom. The van der Waals surface area contributed by atoms with Crippen LogP contribution < -0.4 is 0 Å². The third-order valence-corrected chi connectivity index (χ3v) is 3.87. The summed E-state index contributed by atoms with van der Waals surface area (Å²) in [7, 11) is 1.89. The van der Waals surface area contributed by atoms with Crippen molar-refractivity contribution in [2.24, 2.45) is 7.05 Å². The molecule has 0 fully saturated rings. The zero-order valence-electron chi connectivity index (χ0n) is 12.3. The Morgan fingerprint density at radius 1 is 1.30 bits per heavy atom. The molecule has 0 radical (unpaired) electrons. The minimum atomic E-state index is 0.473. The Balaban J connectivity index is 2.14. The summed E-state index contributed by atoms with van der Waals surface area (Å²) in [5, 5.41) is 5.17. The lowest BCUT2D eigenvalue weighted by molar-refractivity contribution is 0.183. The zero-order valence-corrected chi connectivity index (χ0v) is 13.0. The fourth-order valence-corrected chi connectivity index (χ4v) is 2.39. The maximum Gasteiger partial charge on any atom is 0.0950 e. The van der Waals surface area contributed by atoms with E-state index in [9.17, 15) is 0 Å². The number of aryl methyl sites for hydroxylation is 1. The number of hydrogen-bond acceptors (Lipinski definition) is 3. The fourth-order valence-electron chi connectivity index (χ4n) is 2.15. The van der Waals surface area contributed by atoms with E-state index in [1.165, 1.54) is 5.56 Å². The van der Waals surface area contributed by atoms with Crippen molar-refractivity contribution in [1.29, 1.82) is 0 Å². The van der Waals surface area contributed by atoms with Crippen molar-refractivity contribution in [2.75, 3.05) is 0 Å². The smallest absolute Gasteiger partial charge is 0.0950 e. The van der Waals surface area contributed by atoms with Gasteiger partial charge in [-0.25, -0.2) is 0 Å². The van der Waals surface area contributed by atoms with Gasteiger partial charge < -0.3 is 0 Å². The third kappa shape index (κ3) is 3.81. The second kappa shape index (κ2) is 6.86. The van der Waals surface area contributed by atoms with Gasteiger partial charge in [0, 0.05) is 44.8 Å². The van der Waals surface area contributed by atoms with Crippen LogP contribution in [0.4, 0.5) is 0 Å². The Bertz CT molecular complexity index is 538. The van der Waals surface area contributed by atoms with E-state index in [4.69, 9.17) is 11.6 Å². The van der Waals surface area contributed by atoms with Gasteiger partial charge in [-0.2, -0.15) is 5.10 Å². The highest BCUT2D eigenvalue weighted by Crippen LogP contribution is 2.19. The average Bonchev–Trinajstić information content (AvgIpc) is 2.76. The van der Waals surface area contributed by atoms with Crippen LogP contribution in [0.3, 0.4) is 0 Å². The van der Waals surface area contributed by atoms with Crippen molar-refractivity contribution in [3.8, 4) is 0 Å². The molecule has 108 valence electrons. The molecule has 0 N–H and O–H groups in total. The molecular formula is C15H21ClN4. The summed E-state index contributed by atoms with van der Waals surface area (Å²) in [4.78, 5) is 6.46. The highest BCUT2D eigenvalue weighted by molar-refractivity contribution is 6.31. The molecule has 0 aliphatic heterocycles. The summed E-state index contributed by atoms with van der Waals surface area (Å²) in [6, 6.07) is 4.58. The van der Waals surface area contributed by atoms with Crippen LogP contribution in [0.25, 0.3) is 0 Å². The molecule has 0 spiro atoms. The summed E-state index contributed by atoms with van der Waals surface area (Å²) >= 11 is 6.22. The first-order chi connectivity index (χ1) is 9.60. The monoisotopic (exact) mass is 292 g/mol. The fraction of sp³-hybridized carbons (Fsp3) is 0.467. The zero-order chi connectivity index (χ0) is 14.5. The van der Waals surface area contributed by atoms with E-state index in [0.29, 0.717) is 6.04 Å². The summed E-state index contributed by atoms with van der Waals surface area (Å²) < 4.78 is 1.76. The predicted octanol–water partition coefficient (Wildman–Crippen LogP) is 3.27. The summed E-state index contributed by atoms with van der Waals surface area (Å²) in [6.45, 7) is 6.07. The molecule has 0 aliphatic carbocycles. The number of aromatic nitrogens is 3. The molecular weight excluding hydrogens is 272 g/mol. The second-order valence-corrected chi connectivity index (χ2v) is 5.52. The molecule has 0 saturated carbocycles. The number of halogens is 1. The van der Waals surface area contributed by atoms with Gasteiger partial charge in [0.2, 0.25) is 0 Å². The van der Waals surface area contributed by atoms with Gasteiger partial charge in [0.15, 0.2) is 0 Å². The van der Waals surface area contributed by atoms with Gasteiger partial charge in [-0.05, 0) is 31.0 Å². The van der Waals surface area contributed by atoms with Crippen LogP contribution in [-0.2, 0) is 20.1 Å². The van der Waals surface area contributed by atoms with E-state index in [2.05, 4.69) is 41.0 Å². The topological polar surface area (TPSA) is 34.0 Å². The van der Waals surface area contributed by atoms with Crippen molar-refractivity contribution < 1.29 is 0 Å². The van der Waals surface area contributed by atoms with Crippen LogP contribution in [-0.4, -0.2) is 25.7 Å². The van der Waals surface area contributed by atoms with Gasteiger partial charge in [-0.1, -0.05) is 18.5 Å². The Hall–Kier alpha value is -1.39. The van der Waals surface area contributed by atoms with E-state index in [1.807, 2.05) is 25.6 Å². The van der Waals surface area contributed by atoms with E-state index < -0.39 is 0 Å². The highest BCUT2D eigenvalue weighted by Gasteiger charge is 2.16. The van der Waals surface area contributed by atoms with Gasteiger partial charge in [-0.3, -0.25) is 14.6 Å². The Kier molecular flexibility index (Phi) is 5.15. The van der Waals surface area contributed by atoms with Crippen molar-refractivity contribution in [1.82, 2.24) is 19.7 Å². The number of pyridine rings is 1. The third-order valence-electron chi connectivity index (χ3n) is 3.56. The number of hydrogen-bond donors (Lipinski definition) is 0. The quantitative estimate of drug-likeness (QED) is 0.819. The van der Waals surface area contributed by atoms with Gasteiger partial charge in [0.25, 0.3) is 0 Å². The van der Waals surface area contributed by atoms with E-state index in [-0.39, 0.29) is 0 Å². The lowest BCUT2D eigenvalue weighted by Crippen LogP contribution is -2.32. The molecule has 2 heterocycles. The molecule has 0 aromatic carbocycles. The van der Waals surface area contributed by atoms with Gasteiger partial charge in [0.05, 0.1) is 10.7 Å². The second-order valence-electron chi connectivity index (χ2n) is 5.12. The maximum absolute atomic E-state index is 6.22. The van der Waals surface area contributed by atoms with E-state index in [0.717, 1.165) is 30.2 Å². The molecule has 0 aliphatic rings. The summed E-state index contributed by atoms with van der Waals surface area (Å²) in [5.41, 5.74) is 2.19. The first-order valence-electron chi connectivity index (χ1n) is 6.91. The predicted molar refractivity (Wildman–Crippen MR) is 81.5 cm³/mol. The molecule has 20 heavy (non-hydrogen) atoms. The maximum atomic E-state index is 6.22. The normalized spacial score (nSPS) is 12.8. The molecule has 0 amide bonds. The van der Waals surface area contributed by atoms with E-state index >= 15 is 0 Å². The van der Waals surface area contributed by atoms with Crippen LogP contribution in [0.2, 0.25) is 5.02 Å². The summed E-state index contributed by atoms with van der Waals surface area (Å²) in [5.74, 6) is 0. The highest BCUT2D eigenvalue weighted by atomic mass is 35.5. The Morgan fingerprint density at radius 2 is 2.00 bits per heavy atom.